The Labute approximate surface area is 337 Å². The number of carbonyl (C=O) groups is 2. The predicted octanol–water partition coefficient (Wildman–Crippen LogP) is 6.56. The summed E-state index contributed by atoms with van der Waals surface area (Å²) < 4.78 is 6.48. The second-order valence-corrected chi connectivity index (χ2v) is 21.3. The van der Waals surface area contributed by atoms with Gasteiger partial charge in [0.2, 0.25) is 5.91 Å². The van der Waals surface area contributed by atoms with Crippen LogP contribution < -0.4 is 4.90 Å². The molecule has 10 rings (SSSR count). The number of allylic oxidation sites excluding steroid dienone is 2. The maximum atomic E-state index is 14.4. The van der Waals surface area contributed by atoms with E-state index in [1.807, 2.05) is 4.90 Å². The van der Waals surface area contributed by atoms with Crippen molar-refractivity contribution in [3.63, 3.8) is 0 Å². The molecule has 0 unspecified atom stereocenters. The molecular weight excluding hydrogens is 719 g/mol. The molecule has 5 N–H and O–H groups in total. The molecule has 5 saturated carbocycles. The van der Waals surface area contributed by atoms with Crippen LogP contribution in [0.3, 0.4) is 0 Å². The molecule has 7 aliphatic carbocycles. The summed E-state index contributed by atoms with van der Waals surface area (Å²) in [5.41, 5.74) is -2.58. The smallest absolute Gasteiger partial charge is 0.233 e. The highest BCUT2D eigenvalue weighted by Gasteiger charge is 2.80. The van der Waals surface area contributed by atoms with Crippen LogP contribution in [0.15, 0.2) is 42.0 Å². The van der Waals surface area contributed by atoms with E-state index in [4.69, 9.17) is 4.74 Å². The van der Waals surface area contributed by atoms with Crippen LogP contribution >= 0.6 is 0 Å². The first-order valence-corrected chi connectivity index (χ1v) is 22.6. The molecule has 1 aromatic rings. The number of amides is 1. The number of hydrogen-bond donors (Lipinski definition) is 5. The number of ketones is 1. The first-order valence-electron chi connectivity index (χ1n) is 22.6. The van der Waals surface area contributed by atoms with Crippen molar-refractivity contribution in [1.82, 2.24) is 0 Å². The number of phenols is 1. The third kappa shape index (κ3) is 4.93. The van der Waals surface area contributed by atoms with E-state index >= 15 is 0 Å². The van der Waals surface area contributed by atoms with Crippen molar-refractivity contribution in [3.8, 4) is 5.75 Å². The Hall–Kier alpha value is -2.56. The van der Waals surface area contributed by atoms with E-state index in [0.717, 1.165) is 55.3 Å². The second kappa shape index (κ2) is 12.7. The maximum absolute atomic E-state index is 14.4. The summed E-state index contributed by atoms with van der Waals surface area (Å²) in [6.07, 6.45) is 14.6. The van der Waals surface area contributed by atoms with E-state index in [1.165, 1.54) is 6.42 Å². The summed E-state index contributed by atoms with van der Waals surface area (Å²) in [4.78, 5) is 30.3. The maximum Gasteiger partial charge on any atom is 0.233 e. The van der Waals surface area contributed by atoms with E-state index in [1.54, 1.807) is 18.2 Å². The van der Waals surface area contributed by atoms with Crippen LogP contribution in [0.25, 0.3) is 0 Å². The van der Waals surface area contributed by atoms with Gasteiger partial charge in [0.1, 0.15) is 17.5 Å². The number of carbonyl (C=O) groups excluding carboxylic acids is 2. The molecular formula is C48H65NO8. The fraction of sp³-hybridized carbons (Fsp3) is 0.750. The molecule has 2 heterocycles. The highest BCUT2D eigenvalue weighted by Crippen LogP contribution is 2.80. The number of aliphatic hydroxyl groups is 4. The molecule has 57 heavy (non-hydrogen) atoms. The van der Waals surface area contributed by atoms with Crippen molar-refractivity contribution in [2.24, 2.45) is 57.2 Å². The van der Waals surface area contributed by atoms with Gasteiger partial charge in [-0.25, -0.2) is 0 Å². The van der Waals surface area contributed by atoms with Gasteiger partial charge in [0.25, 0.3) is 0 Å². The van der Waals surface area contributed by atoms with E-state index < -0.39 is 45.6 Å². The molecule has 9 heteroatoms. The molecule has 14 atom stereocenters. The Morgan fingerprint density at radius 1 is 0.965 bits per heavy atom. The SMILES string of the molecule is CC(C)[C@@H](C)[C@@H]1O[C@H]1[C@@]1(O)CC=C[C@@H]2C[C@@]34CC[C@@H]5[C@H](O)[C@H](O)C[C@@H](C(=O)C=C3[C@]3(O)CC[C@H]1[C@@]23CCc1cc(O)cc(N2CCC3(CCCCC3)C2=O)c1)[C@]54C. The van der Waals surface area contributed by atoms with Crippen LogP contribution in [0.1, 0.15) is 123 Å². The number of hydrogen-bond acceptors (Lipinski definition) is 8. The number of nitrogens with zero attached hydrogens (tertiary/aromatic N) is 1. The van der Waals surface area contributed by atoms with E-state index in [0.29, 0.717) is 57.4 Å². The van der Waals surface area contributed by atoms with Gasteiger partial charge < -0.3 is 35.2 Å². The summed E-state index contributed by atoms with van der Waals surface area (Å²) in [7, 11) is 0. The lowest BCUT2D eigenvalue weighted by Crippen LogP contribution is -2.69. The van der Waals surface area contributed by atoms with Crippen molar-refractivity contribution in [2.75, 3.05) is 11.4 Å². The van der Waals surface area contributed by atoms with Gasteiger partial charge in [-0.3, -0.25) is 9.59 Å². The summed E-state index contributed by atoms with van der Waals surface area (Å²) in [5.74, 6) is -0.317. The molecule has 2 aliphatic heterocycles. The summed E-state index contributed by atoms with van der Waals surface area (Å²) in [6, 6.07) is 5.55. The second-order valence-electron chi connectivity index (χ2n) is 21.3. The third-order valence-corrected chi connectivity index (χ3v) is 19.1. The molecule has 2 spiro atoms. The lowest BCUT2D eigenvalue weighted by molar-refractivity contribution is -0.205. The number of aromatic hydroxyl groups is 1. The first kappa shape index (κ1) is 38.6. The zero-order valence-electron chi connectivity index (χ0n) is 34.5. The lowest BCUT2D eigenvalue weighted by atomic mass is 9.37. The molecule has 9 aliphatic rings. The molecule has 1 amide bonds. The molecule has 0 radical (unpaired) electrons. The van der Waals surface area contributed by atoms with Crippen molar-refractivity contribution in [2.45, 2.75) is 160 Å². The van der Waals surface area contributed by atoms with E-state index in [-0.39, 0.29) is 65.2 Å². The Morgan fingerprint density at radius 3 is 2.49 bits per heavy atom. The Bertz CT molecular complexity index is 1920. The fourth-order valence-corrected chi connectivity index (χ4v) is 15.9. The summed E-state index contributed by atoms with van der Waals surface area (Å²) >= 11 is 0. The van der Waals surface area contributed by atoms with Crippen molar-refractivity contribution < 1.29 is 39.9 Å². The summed E-state index contributed by atoms with van der Waals surface area (Å²) in [6.45, 7) is 9.38. The molecule has 0 bridgehead atoms. The molecule has 1 aromatic carbocycles. The van der Waals surface area contributed by atoms with Gasteiger partial charge in [-0.2, -0.15) is 0 Å². The van der Waals surface area contributed by atoms with Crippen molar-refractivity contribution in [1.29, 1.82) is 0 Å². The highest BCUT2D eigenvalue weighted by atomic mass is 16.6. The van der Waals surface area contributed by atoms with Crippen LogP contribution in [-0.2, 0) is 20.7 Å². The number of rotatable bonds is 7. The largest absolute Gasteiger partial charge is 0.508 e. The van der Waals surface area contributed by atoms with Crippen molar-refractivity contribution in [3.05, 3.63) is 47.6 Å². The standard InChI is InChI=1S/C48H65NO8/c1-27(2)28(3)40-41(57-40)47(55)15-8-9-30-26-45-16-11-33-39(53)36(52)24-34(43(33,45)4)35(51)25-38(45)48(56)18-12-37(47)46(30,48)17-10-29-21-31(23-32(50)22-29)49-20-19-44(42(49)54)13-6-5-7-14-44/h8-9,21-23,25,27-28,30,33-34,36-37,39-41,50,52-53,55-56H,5-7,10-20,24,26H2,1-4H3/t28-,30-,33-,34+,36-,37+,39+,40+,41-,43+,45+,46-,47-,48-/m1/s1. The van der Waals surface area contributed by atoms with Crippen LogP contribution in [0.2, 0.25) is 0 Å². The normalized spacial score (nSPS) is 47.1. The number of aryl methyl sites for hydroxylation is 1. The number of epoxide rings is 1. The number of ether oxygens (including phenoxy) is 1. The fourth-order valence-electron chi connectivity index (χ4n) is 15.9. The minimum atomic E-state index is -1.42. The molecule has 310 valence electrons. The number of phenolic OH excluding ortho intramolecular Hbond substituents is 1. The van der Waals surface area contributed by atoms with Gasteiger partial charge in [-0.05, 0) is 135 Å². The lowest BCUT2D eigenvalue weighted by Gasteiger charge is -2.68. The number of anilines is 1. The van der Waals surface area contributed by atoms with Gasteiger partial charge in [0.15, 0.2) is 5.78 Å². The van der Waals surface area contributed by atoms with Gasteiger partial charge in [0, 0.05) is 41.0 Å². The average Bonchev–Trinajstić information content (AvgIpc) is 3.77. The Kier molecular flexibility index (Phi) is 8.63. The minimum Gasteiger partial charge on any atom is -0.508 e. The monoisotopic (exact) mass is 783 g/mol. The first-order chi connectivity index (χ1) is 27.1. The quantitative estimate of drug-likeness (QED) is 0.154. The topological polar surface area (TPSA) is 151 Å². The van der Waals surface area contributed by atoms with Gasteiger partial charge in [-0.15, -0.1) is 0 Å². The van der Waals surface area contributed by atoms with Crippen LogP contribution in [0.5, 0.6) is 5.75 Å². The van der Waals surface area contributed by atoms with E-state index in [9.17, 15) is 35.1 Å². The summed E-state index contributed by atoms with van der Waals surface area (Å²) in [5, 5.41) is 60.9. The zero-order valence-corrected chi connectivity index (χ0v) is 34.5. The Balaban J connectivity index is 1.07. The third-order valence-electron chi connectivity index (χ3n) is 19.1. The number of fused-ring (bicyclic) bond motifs is 1. The zero-order chi connectivity index (χ0) is 40.1. The predicted molar refractivity (Wildman–Crippen MR) is 215 cm³/mol. The molecule has 9 nitrogen and oxygen atoms in total. The number of benzene rings is 1. The average molecular weight is 784 g/mol. The highest BCUT2D eigenvalue weighted by molar-refractivity contribution is 6.00. The molecule has 7 fully saturated rings. The van der Waals surface area contributed by atoms with Gasteiger partial charge in [0.05, 0.1) is 29.3 Å². The number of aliphatic hydroxyl groups excluding tert-OH is 2. The van der Waals surface area contributed by atoms with E-state index in [2.05, 4.69) is 45.9 Å². The van der Waals surface area contributed by atoms with Gasteiger partial charge in [-0.1, -0.05) is 59.1 Å². The molecule has 2 saturated heterocycles. The van der Waals surface area contributed by atoms with Crippen molar-refractivity contribution >= 4 is 17.4 Å². The van der Waals surface area contributed by atoms with Crippen LogP contribution in [0, 0.1) is 57.2 Å². The minimum absolute atomic E-state index is 0.0640. The van der Waals surface area contributed by atoms with Gasteiger partial charge >= 0.3 is 0 Å². The van der Waals surface area contributed by atoms with Crippen LogP contribution in [-0.4, -0.2) is 79.4 Å². The Morgan fingerprint density at radius 2 is 1.74 bits per heavy atom. The van der Waals surface area contributed by atoms with Crippen LogP contribution in [0.4, 0.5) is 5.69 Å². The molecule has 0 aromatic heterocycles.